The predicted octanol–water partition coefficient (Wildman–Crippen LogP) is 6.43. The Kier molecular flexibility index (Phi) is 15.0. The Labute approximate surface area is 174 Å². The first-order chi connectivity index (χ1) is 13.6. The molecule has 0 saturated carbocycles. The van der Waals surface area contributed by atoms with E-state index in [4.69, 9.17) is 18.9 Å². The Bertz CT molecular complexity index is 381. The largest absolute Gasteiger partial charge is 0.376 e. The molecule has 2 atom stereocenters. The molecule has 1 rings (SSSR count). The molecule has 1 fully saturated rings. The van der Waals surface area contributed by atoms with Gasteiger partial charge in [-0.25, -0.2) is 0 Å². The van der Waals surface area contributed by atoms with Crippen molar-refractivity contribution in [2.45, 2.75) is 116 Å². The fourth-order valence-corrected chi connectivity index (χ4v) is 3.53. The zero-order chi connectivity index (χ0) is 20.5. The van der Waals surface area contributed by atoms with E-state index in [0.29, 0.717) is 19.8 Å². The number of unbranched alkanes of at least 4 members (excludes halogenated alkanes) is 9. The van der Waals surface area contributed by atoms with E-state index in [1.165, 1.54) is 64.2 Å². The van der Waals surface area contributed by atoms with Crippen molar-refractivity contribution in [3.05, 3.63) is 12.2 Å². The lowest BCUT2D eigenvalue weighted by atomic mass is 10.1. The van der Waals surface area contributed by atoms with Crippen LogP contribution in [0.5, 0.6) is 0 Å². The topological polar surface area (TPSA) is 36.9 Å². The summed E-state index contributed by atoms with van der Waals surface area (Å²) in [6.07, 6.45) is 19.3. The average Bonchev–Trinajstić information content (AvgIpc) is 3.01. The van der Waals surface area contributed by atoms with Crippen LogP contribution >= 0.6 is 0 Å². The monoisotopic (exact) mass is 398 g/mol. The highest BCUT2D eigenvalue weighted by atomic mass is 16.7. The molecule has 1 heterocycles. The van der Waals surface area contributed by atoms with E-state index in [9.17, 15) is 0 Å². The van der Waals surface area contributed by atoms with Gasteiger partial charge < -0.3 is 18.9 Å². The molecule has 4 nitrogen and oxygen atoms in total. The van der Waals surface area contributed by atoms with Gasteiger partial charge in [0.05, 0.1) is 25.9 Å². The van der Waals surface area contributed by atoms with Crippen LogP contribution in [0.15, 0.2) is 12.2 Å². The normalized spacial score (nSPS) is 20.2. The van der Waals surface area contributed by atoms with Crippen LogP contribution in [0.2, 0.25) is 0 Å². The maximum absolute atomic E-state index is 5.82. The van der Waals surface area contributed by atoms with Gasteiger partial charge in [-0.1, -0.05) is 70.4 Å². The summed E-state index contributed by atoms with van der Waals surface area (Å²) in [6, 6.07) is 0. The molecule has 0 aromatic carbocycles. The molecule has 0 aromatic heterocycles. The molecule has 1 saturated heterocycles. The van der Waals surface area contributed by atoms with Crippen LogP contribution in [0.3, 0.4) is 0 Å². The molecule has 0 spiro atoms. The first kappa shape index (κ1) is 25.6. The van der Waals surface area contributed by atoms with Crippen LogP contribution < -0.4 is 0 Å². The molecule has 166 valence electrons. The predicted molar refractivity (Wildman–Crippen MR) is 117 cm³/mol. The summed E-state index contributed by atoms with van der Waals surface area (Å²) in [5.41, 5.74) is 0. The molecule has 4 heteroatoms. The second kappa shape index (κ2) is 16.4. The summed E-state index contributed by atoms with van der Waals surface area (Å²) in [4.78, 5) is 0. The summed E-state index contributed by atoms with van der Waals surface area (Å²) >= 11 is 0. The fraction of sp³-hybridized carbons (Fsp3) is 0.917. The quantitative estimate of drug-likeness (QED) is 0.197. The summed E-state index contributed by atoms with van der Waals surface area (Å²) < 4.78 is 22.9. The van der Waals surface area contributed by atoms with Gasteiger partial charge in [0.1, 0.15) is 6.10 Å². The van der Waals surface area contributed by atoms with E-state index in [2.05, 4.69) is 19.1 Å². The highest BCUT2D eigenvalue weighted by molar-refractivity contribution is 4.84. The van der Waals surface area contributed by atoms with Crippen LogP contribution in [0.1, 0.15) is 98.3 Å². The molecule has 1 aliphatic heterocycles. The van der Waals surface area contributed by atoms with Gasteiger partial charge in [0, 0.05) is 6.61 Å². The smallest absolute Gasteiger partial charge is 0.163 e. The van der Waals surface area contributed by atoms with Gasteiger partial charge in [-0.2, -0.15) is 0 Å². The highest BCUT2D eigenvalue weighted by Crippen LogP contribution is 2.22. The Balaban J connectivity index is 2.00. The average molecular weight is 399 g/mol. The fourth-order valence-electron chi connectivity index (χ4n) is 3.53. The first-order valence-electron chi connectivity index (χ1n) is 11.7. The SMILES string of the molecule is CCCCCCCCCCC/C=C/CC(COCC1COC(C)(C)O1)OCC. The van der Waals surface area contributed by atoms with Crippen molar-refractivity contribution in [3.63, 3.8) is 0 Å². The van der Waals surface area contributed by atoms with Gasteiger partial charge in [0.2, 0.25) is 0 Å². The van der Waals surface area contributed by atoms with Gasteiger partial charge >= 0.3 is 0 Å². The van der Waals surface area contributed by atoms with E-state index in [1.54, 1.807) is 0 Å². The van der Waals surface area contributed by atoms with Crippen molar-refractivity contribution >= 4 is 0 Å². The first-order valence-corrected chi connectivity index (χ1v) is 11.7. The summed E-state index contributed by atoms with van der Waals surface area (Å²) in [7, 11) is 0. The van der Waals surface area contributed by atoms with Gasteiger partial charge in [-0.15, -0.1) is 0 Å². The Morgan fingerprint density at radius 1 is 0.964 bits per heavy atom. The molecule has 0 radical (unpaired) electrons. The lowest BCUT2D eigenvalue weighted by Gasteiger charge is -2.19. The summed E-state index contributed by atoms with van der Waals surface area (Å²) in [5, 5.41) is 0. The van der Waals surface area contributed by atoms with Crippen molar-refractivity contribution in [3.8, 4) is 0 Å². The zero-order valence-corrected chi connectivity index (χ0v) is 19.0. The second-order valence-corrected chi connectivity index (χ2v) is 8.39. The Morgan fingerprint density at radius 2 is 1.64 bits per heavy atom. The number of allylic oxidation sites excluding steroid dienone is 1. The van der Waals surface area contributed by atoms with Crippen LogP contribution in [0.4, 0.5) is 0 Å². The van der Waals surface area contributed by atoms with Crippen molar-refractivity contribution < 1.29 is 18.9 Å². The molecule has 0 N–H and O–H groups in total. The van der Waals surface area contributed by atoms with Gasteiger partial charge in [0.25, 0.3) is 0 Å². The molecular formula is C24H46O4. The third-order valence-electron chi connectivity index (χ3n) is 5.12. The van der Waals surface area contributed by atoms with Crippen LogP contribution in [0, 0.1) is 0 Å². The van der Waals surface area contributed by atoms with Crippen molar-refractivity contribution in [2.24, 2.45) is 0 Å². The number of hydrogen-bond acceptors (Lipinski definition) is 4. The molecule has 0 amide bonds. The summed E-state index contributed by atoms with van der Waals surface area (Å²) in [6.45, 7) is 10.7. The van der Waals surface area contributed by atoms with Gasteiger partial charge in [-0.05, 0) is 40.0 Å². The minimum atomic E-state index is -0.481. The van der Waals surface area contributed by atoms with Crippen LogP contribution in [0.25, 0.3) is 0 Å². The van der Waals surface area contributed by atoms with Crippen LogP contribution in [-0.2, 0) is 18.9 Å². The van der Waals surface area contributed by atoms with Crippen molar-refractivity contribution in [1.29, 1.82) is 0 Å². The van der Waals surface area contributed by atoms with Gasteiger partial charge in [-0.3, -0.25) is 0 Å². The van der Waals surface area contributed by atoms with E-state index in [1.807, 2.05) is 20.8 Å². The summed E-state index contributed by atoms with van der Waals surface area (Å²) in [5.74, 6) is -0.481. The molecule has 0 aliphatic carbocycles. The zero-order valence-electron chi connectivity index (χ0n) is 19.0. The van der Waals surface area contributed by atoms with Gasteiger partial charge in [0.15, 0.2) is 5.79 Å². The van der Waals surface area contributed by atoms with E-state index in [-0.39, 0.29) is 12.2 Å². The maximum atomic E-state index is 5.82. The third-order valence-corrected chi connectivity index (χ3v) is 5.12. The van der Waals surface area contributed by atoms with Crippen molar-refractivity contribution in [1.82, 2.24) is 0 Å². The maximum Gasteiger partial charge on any atom is 0.163 e. The van der Waals surface area contributed by atoms with E-state index < -0.39 is 5.79 Å². The highest BCUT2D eigenvalue weighted by Gasteiger charge is 2.32. The number of rotatable bonds is 18. The van der Waals surface area contributed by atoms with Crippen LogP contribution in [-0.4, -0.2) is 44.4 Å². The molecule has 0 aromatic rings. The molecular weight excluding hydrogens is 352 g/mol. The minimum Gasteiger partial charge on any atom is -0.376 e. The molecule has 2 unspecified atom stereocenters. The second-order valence-electron chi connectivity index (χ2n) is 8.39. The Hall–Kier alpha value is -0.420. The number of hydrogen-bond donors (Lipinski definition) is 0. The molecule has 1 aliphatic rings. The van der Waals surface area contributed by atoms with E-state index in [0.717, 1.165) is 13.0 Å². The van der Waals surface area contributed by atoms with E-state index >= 15 is 0 Å². The molecule has 28 heavy (non-hydrogen) atoms. The lowest BCUT2D eigenvalue weighted by molar-refractivity contribution is -0.146. The molecule has 0 bridgehead atoms. The number of ether oxygens (including phenoxy) is 4. The Morgan fingerprint density at radius 3 is 2.25 bits per heavy atom. The third kappa shape index (κ3) is 13.7. The van der Waals surface area contributed by atoms with Crippen molar-refractivity contribution in [2.75, 3.05) is 26.4 Å². The minimum absolute atomic E-state index is 0.0273. The lowest BCUT2D eigenvalue weighted by Crippen LogP contribution is -2.26. The standard InChI is InChI=1S/C24H46O4/c1-5-7-8-9-10-11-12-13-14-15-16-17-18-22(26-6-2)19-25-20-23-21-27-24(3,4)28-23/h16-17,22-23H,5-15,18-21H2,1-4H3/b17-16+.